The fourth-order valence-corrected chi connectivity index (χ4v) is 5.80. The number of carbonyl (C=O) groups is 1. The number of halogens is 1. The molecule has 0 spiro atoms. The van der Waals surface area contributed by atoms with Crippen molar-refractivity contribution in [3.8, 4) is 0 Å². The molecule has 11 atom stereocenters. The van der Waals surface area contributed by atoms with Crippen molar-refractivity contribution in [2.24, 2.45) is 0 Å². The molecule has 1 aromatic heterocycles. The van der Waals surface area contributed by atoms with Crippen LogP contribution in [0.1, 0.15) is 13.2 Å². The number of aliphatic hydroxyl groups excluding tert-OH is 4. The predicted molar refractivity (Wildman–Crippen MR) is 115 cm³/mol. The van der Waals surface area contributed by atoms with Crippen molar-refractivity contribution in [2.75, 3.05) is 13.2 Å². The summed E-state index contributed by atoms with van der Waals surface area (Å²) in [4.78, 5) is 60.8. The molecule has 2 aliphatic rings. The number of aliphatic hydroxyl groups is 4. The van der Waals surface area contributed by atoms with Crippen LogP contribution in [0, 0.1) is 0 Å². The van der Waals surface area contributed by atoms with Gasteiger partial charge in [0.25, 0.3) is 21.2 Å². The van der Waals surface area contributed by atoms with Gasteiger partial charge in [0.1, 0.15) is 36.6 Å². The number of hydrogen-bond acceptors (Lipinski definition) is 16. The van der Waals surface area contributed by atoms with Gasteiger partial charge in [0, 0.05) is 19.2 Å². The number of carbonyl (C=O) groups excluding carboxylic acids is 1. The zero-order valence-electron chi connectivity index (χ0n) is 19.7. The number of alkyl halides is 1. The molecule has 0 saturated carbocycles. The van der Waals surface area contributed by atoms with E-state index in [1.165, 1.54) is 0 Å². The van der Waals surface area contributed by atoms with Gasteiger partial charge in [-0.1, -0.05) is 0 Å². The normalized spacial score (nSPS) is 36.2. The molecule has 0 aliphatic carbocycles. The number of aromatic nitrogens is 2. The Bertz CT molecular complexity index is 1240. The molecule has 22 heteroatoms. The third-order valence-electron chi connectivity index (χ3n) is 5.49. The Morgan fingerprint density at radius 2 is 1.82 bits per heavy atom. The van der Waals surface area contributed by atoms with Crippen LogP contribution in [-0.4, -0.2) is 98.1 Å². The van der Waals surface area contributed by atoms with Gasteiger partial charge >= 0.3 is 5.69 Å². The van der Waals surface area contributed by atoms with Gasteiger partial charge in [0.15, 0.2) is 18.7 Å². The summed E-state index contributed by atoms with van der Waals surface area (Å²) in [5.74, 6) is -0.884. The lowest BCUT2D eigenvalue weighted by Gasteiger charge is -2.43. The van der Waals surface area contributed by atoms with E-state index in [0.29, 0.717) is 4.57 Å². The van der Waals surface area contributed by atoms with Crippen molar-refractivity contribution in [2.45, 2.75) is 62.2 Å². The molecule has 3 rings (SSSR count). The number of nitrogens with zero attached hydrogens (tertiary/aromatic N) is 1. The standard InChI is InChI=1S/C17H26FN3O16P2/c1-6(23)19-11-13(26)10(18)7(4-22)35-16(11)36-39(31,32)37-38(29,30)33-5-8-12(25)14(27)15(34-8)21-3-2-9(24)20-17(21)28/h2-3,7-8,10-16,22,25-27H,4-5H2,1H3,(H,19,23)(H,29,30)(H,31,32)(H,20,24,28)/p-2/t7-,8-,10-,11-,12-,13+,14-,15-,16-/m1/s1. The molecule has 2 aliphatic heterocycles. The Hall–Kier alpha value is -1.90. The van der Waals surface area contributed by atoms with Gasteiger partial charge in [0.2, 0.25) is 5.91 Å². The summed E-state index contributed by atoms with van der Waals surface area (Å²) in [7, 11) is -11.8. The number of phosphoric ester groups is 2. The first-order chi connectivity index (χ1) is 18.0. The molecular weight excluding hydrogens is 583 g/mol. The zero-order valence-corrected chi connectivity index (χ0v) is 21.5. The van der Waals surface area contributed by atoms with E-state index in [9.17, 15) is 58.1 Å². The average Bonchev–Trinajstić information content (AvgIpc) is 3.10. The monoisotopic (exact) mass is 607 g/mol. The van der Waals surface area contributed by atoms with Gasteiger partial charge in [-0.05, 0) is 0 Å². The van der Waals surface area contributed by atoms with Crippen LogP contribution in [0.25, 0.3) is 0 Å². The van der Waals surface area contributed by atoms with Crippen molar-refractivity contribution in [3.05, 3.63) is 33.1 Å². The number of amides is 1. The molecule has 1 amide bonds. The number of rotatable bonds is 10. The fourth-order valence-electron chi connectivity index (χ4n) is 3.71. The molecule has 0 bridgehead atoms. The summed E-state index contributed by atoms with van der Waals surface area (Å²) in [6.07, 6.45) is -14.5. The molecule has 2 saturated heterocycles. The van der Waals surface area contributed by atoms with Gasteiger partial charge in [-0.3, -0.25) is 32.8 Å². The van der Waals surface area contributed by atoms with Crippen molar-refractivity contribution in [1.82, 2.24) is 14.9 Å². The number of phosphoric acid groups is 2. The summed E-state index contributed by atoms with van der Waals surface area (Å²) in [6, 6.07) is -0.976. The number of H-pyrrole nitrogens is 1. The molecule has 222 valence electrons. The minimum atomic E-state index is -5.98. The van der Waals surface area contributed by atoms with Gasteiger partial charge in [-0.2, -0.15) is 0 Å². The first-order valence-corrected chi connectivity index (χ1v) is 13.8. The average molecular weight is 607 g/mol. The first kappa shape index (κ1) is 31.6. The second-order valence-electron chi connectivity index (χ2n) is 8.33. The minimum absolute atomic E-state index is 0.688. The molecule has 19 nitrogen and oxygen atoms in total. The second kappa shape index (κ2) is 12.3. The molecule has 0 aromatic carbocycles. The lowest BCUT2D eigenvalue weighted by molar-refractivity contribution is -0.279. The maximum Gasteiger partial charge on any atom is 0.330 e. The number of ether oxygens (including phenoxy) is 2. The smallest absolute Gasteiger partial charge is 0.330 e. The zero-order chi connectivity index (χ0) is 29.3. The minimum Gasteiger partial charge on any atom is -0.756 e. The predicted octanol–water partition coefficient (Wildman–Crippen LogP) is -4.94. The molecule has 2 unspecified atom stereocenters. The van der Waals surface area contributed by atoms with Crippen LogP contribution in [0.2, 0.25) is 0 Å². The Balaban J connectivity index is 1.66. The van der Waals surface area contributed by atoms with E-state index in [4.69, 9.17) is 9.47 Å². The van der Waals surface area contributed by atoms with Crippen LogP contribution in [0.5, 0.6) is 0 Å². The highest BCUT2D eigenvalue weighted by Crippen LogP contribution is 2.57. The van der Waals surface area contributed by atoms with E-state index in [0.717, 1.165) is 19.2 Å². The maximum atomic E-state index is 14.2. The lowest BCUT2D eigenvalue weighted by atomic mass is 9.98. The first-order valence-electron chi connectivity index (χ1n) is 10.9. The molecular formula is C17H24FN3O16P2-2. The topological polar surface area (TPSA) is 291 Å². The van der Waals surface area contributed by atoms with E-state index in [-0.39, 0.29) is 0 Å². The largest absolute Gasteiger partial charge is 0.756 e. The van der Waals surface area contributed by atoms with Crippen molar-refractivity contribution in [1.29, 1.82) is 0 Å². The quantitative estimate of drug-likeness (QED) is 0.136. The van der Waals surface area contributed by atoms with Gasteiger partial charge in [-0.15, -0.1) is 0 Å². The molecule has 2 fully saturated rings. The summed E-state index contributed by atoms with van der Waals surface area (Å²) >= 11 is 0. The van der Waals surface area contributed by atoms with Crippen LogP contribution in [0.3, 0.4) is 0 Å². The number of nitrogens with one attached hydrogen (secondary N) is 2. The van der Waals surface area contributed by atoms with Crippen LogP contribution < -0.4 is 26.4 Å². The summed E-state index contributed by atoms with van der Waals surface area (Å²) in [5.41, 5.74) is -1.80. The van der Waals surface area contributed by atoms with Crippen LogP contribution in [-0.2, 0) is 36.8 Å². The Morgan fingerprint density at radius 1 is 1.15 bits per heavy atom. The Morgan fingerprint density at radius 3 is 2.41 bits per heavy atom. The fraction of sp³-hybridized carbons (Fsp3) is 0.706. The highest BCUT2D eigenvalue weighted by molar-refractivity contribution is 7.59. The second-order valence-corrected chi connectivity index (χ2v) is 11.2. The Kier molecular flexibility index (Phi) is 9.98. The van der Waals surface area contributed by atoms with Crippen molar-refractivity contribution >= 4 is 21.6 Å². The molecule has 3 heterocycles. The Labute approximate surface area is 216 Å². The third kappa shape index (κ3) is 7.65. The highest BCUT2D eigenvalue weighted by atomic mass is 31.3. The SMILES string of the molecule is CC(=O)N[C@H]1[C@@H](OP(=O)([O-])OP(=O)([O-])OC[C@H]2O[C@@H](n3ccc(=O)[nH]c3=O)[C@H](O)[C@@H]2O)O[C@H](CO)[C@@H](F)[C@@H]1O. The third-order valence-corrected chi connectivity index (χ3v) is 8.03. The maximum absolute atomic E-state index is 14.2. The van der Waals surface area contributed by atoms with Crippen LogP contribution in [0.15, 0.2) is 21.9 Å². The van der Waals surface area contributed by atoms with E-state index >= 15 is 0 Å². The number of aromatic amines is 1. The molecule has 39 heavy (non-hydrogen) atoms. The van der Waals surface area contributed by atoms with Crippen LogP contribution in [0.4, 0.5) is 4.39 Å². The summed E-state index contributed by atoms with van der Waals surface area (Å²) in [6.45, 7) is -1.27. The molecule has 1 aromatic rings. The molecule has 6 N–H and O–H groups in total. The van der Waals surface area contributed by atoms with Gasteiger partial charge in [0.05, 0.1) is 13.2 Å². The number of hydrogen-bond donors (Lipinski definition) is 6. The van der Waals surface area contributed by atoms with Crippen molar-refractivity contribution < 1.29 is 71.4 Å². The van der Waals surface area contributed by atoms with E-state index in [1.807, 2.05) is 10.3 Å². The lowest BCUT2D eigenvalue weighted by Crippen LogP contribution is -2.63. The van der Waals surface area contributed by atoms with Crippen molar-refractivity contribution in [3.63, 3.8) is 0 Å². The van der Waals surface area contributed by atoms with E-state index < -0.39 is 101 Å². The van der Waals surface area contributed by atoms with Crippen LogP contribution >= 0.6 is 15.6 Å². The van der Waals surface area contributed by atoms with Gasteiger partial charge in [-0.25, -0.2) is 13.5 Å². The van der Waals surface area contributed by atoms with E-state index in [2.05, 4.69) is 13.4 Å². The highest BCUT2D eigenvalue weighted by Gasteiger charge is 2.48. The van der Waals surface area contributed by atoms with Gasteiger partial charge < -0.3 is 49.5 Å². The molecule has 0 radical (unpaired) electrons. The summed E-state index contributed by atoms with van der Waals surface area (Å²) < 4.78 is 62.1. The van der Waals surface area contributed by atoms with E-state index in [1.54, 1.807) is 0 Å². The summed E-state index contributed by atoms with van der Waals surface area (Å²) in [5, 5.41) is 41.5.